The van der Waals surface area contributed by atoms with Gasteiger partial charge in [-0.1, -0.05) is 0 Å². The van der Waals surface area contributed by atoms with Crippen molar-refractivity contribution < 1.29 is 9.59 Å². The third kappa shape index (κ3) is 2.83. The van der Waals surface area contributed by atoms with Crippen molar-refractivity contribution in [3.8, 4) is 0 Å². The molecule has 0 aliphatic carbocycles. The van der Waals surface area contributed by atoms with Crippen molar-refractivity contribution in [1.29, 1.82) is 0 Å². The maximum Gasteiger partial charge on any atom is 0.274 e. The minimum atomic E-state index is -0.331. The fourth-order valence-electron chi connectivity index (χ4n) is 2.21. The summed E-state index contributed by atoms with van der Waals surface area (Å²) in [5.41, 5.74) is 0.237. The number of anilines is 1. The average Bonchev–Trinajstić information content (AvgIpc) is 2.87. The number of aryl methyl sites for hydroxylation is 1. The highest BCUT2D eigenvalue weighted by molar-refractivity contribution is 5.96. The molecule has 0 atom stereocenters. The second kappa shape index (κ2) is 5.26. The summed E-state index contributed by atoms with van der Waals surface area (Å²) in [6, 6.07) is 1.45. The summed E-state index contributed by atoms with van der Waals surface area (Å²) in [5, 5.41) is 2.46. The first-order valence-electron chi connectivity index (χ1n) is 6.26. The van der Waals surface area contributed by atoms with Crippen LogP contribution in [0.15, 0.2) is 17.1 Å². The van der Waals surface area contributed by atoms with Crippen molar-refractivity contribution in [3.63, 3.8) is 0 Å². The molecule has 1 aliphatic heterocycles. The normalized spacial score (nSPS) is 14.5. The van der Waals surface area contributed by atoms with Crippen molar-refractivity contribution in [3.05, 3.63) is 28.2 Å². The van der Waals surface area contributed by atoms with Crippen LogP contribution in [-0.2, 0) is 11.8 Å². The van der Waals surface area contributed by atoms with Crippen LogP contribution in [0.25, 0.3) is 0 Å². The molecule has 6 heteroatoms. The van der Waals surface area contributed by atoms with E-state index in [0.717, 1.165) is 25.9 Å². The number of rotatable bonds is 2. The molecule has 0 bridgehead atoms. The zero-order valence-electron chi connectivity index (χ0n) is 11.1. The van der Waals surface area contributed by atoms with Crippen LogP contribution in [0.4, 0.5) is 5.69 Å². The molecule has 2 heterocycles. The highest BCUT2D eigenvalue weighted by Crippen LogP contribution is 2.14. The summed E-state index contributed by atoms with van der Waals surface area (Å²) in [7, 11) is 1.56. The zero-order valence-corrected chi connectivity index (χ0v) is 11.1. The average molecular weight is 263 g/mol. The minimum absolute atomic E-state index is 0.0975. The number of carbonyl (C=O) groups excluding carboxylic acids is 2. The van der Waals surface area contributed by atoms with E-state index in [0.29, 0.717) is 5.56 Å². The van der Waals surface area contributed by atoms with Crippen LogP contribution in [0.1, 0.15) is 30.1 Å². The van der Waals surface area contributed by atoms with Crippen molar-refractivity contribution in [1.82, 2.24) is 9.47 Å². The van der Waals surface area contributed by atoms with Gasteiger partial charge in [-0.05, 0) is 18.9 Å². The lowest BCUT2D eigenvalue weighted by atomic mass is 10.2. The van der Waals surface area contributed by atoms with E-state index in [9.17, 15) is 14.4 Å². The molecule has 1 fully saturated rings. The van der Waals surface area contributed by atoms with Gasteiger partial charge in [-0.15, -0.1) is 0 Å². The van der Waals surface area contributed by atoms with E-state index in [1.165, 1.54) is 23.8 Å². The fraction of sp³-hybridized carbons (Fsp3) is 0.462. The lowest BCUT2D eigenvalue weighted by Crippen LogP contribution is -2.30. The Kier molecular flexibility index (Phi) is 3.69. The molecule has 1 aromatic rings. The Hall–Kier alpha value is -2.11. The molecule has 2 rings (SSSR count). The quantitative estimate of drug-likeness (QED) is 0.848. The molecule has 1 saturated heterocycles. The number of nitrogens with zero attached hydrogens (tertiary/aromatic N) is 2. The Bertz CT molecular complexity index is 571. The molecule has 0 spiro atoms. The van der Waals surface area contributed by atoms with Crippen LogP contribution in [0.5, 0.6) is 0 Å². The van der Waals surface area contributed by atoms with Gasteiger partial charge in [0.1, 0.15) is 5.69 Å². The zero-order chi connectivity index (χ0) is 14.0. The van der Waals surface area contributed by atoms with E-state index in [2.05, 4.69) is 5.32 Å². The van der Waals surface area contributed by atoms with E-state index in [4.69, 9.17) is 0 Å². The molecule has 0 radical (unpaired) electrons. The molecule has 0 unspecified atom stereocenters. The maximum absolute atomic E-state index is 12.2. The Morgan fingerprint density at radius 1 is 1.26 bits per heavy atom. The first-order chi connectivity index (χ1) is 8.99. The van der Waals surface area contributed by atoms with E-state index in [1.54, 1.807) is 11.9 Å². The Morgan fingerprint density at radius 2 is 1.89 bits per heavy atom. The Balaban J connectivity index is 2.35. The molecule has 1 aromatic heterocycles. The molecule has 0 aromatic carbocycles. The van der Waals surface area contributed by atoms with Crippen molar-refractivity contribution in [2.45, 2.75) is 19.8 Å². The topological polar surface area (TPSA) is 71.4 Å². The Morgan fingerprint density at radius 3 is 2.47 bits per heavy atom. The van der Waals surface area contributed by atoms with Gasteiger partial charge in [-0.3, -0.25) is 14.4 Å². The van der Waals surface area contributed by atoms with E-state index in [1.807, 2.05) is 0 Å². The number of pyridine rings is 1. The van der Waals surface area contributed by atoms with Crippen molar-refractivity contribution in [2.24, 2.45) is 7.05 Å². The lowest BCUT2D eigenvalue weighted by molar-refractivity contribution is -0.114. The summed E-state index contributed by atoms with van der Waals surface area (Å²) in [5.74, 6) is -0.428. The van der Waals surface area contributed by atoms with E-state index in [-0.39, 0.29) is 23.1 Å². The SMILES string of the molecule is CC(=O)Nc1cc(C(=O)N2CCCC2)cn(C)c1=O. The van der Waals surface area contributed by atoms with Crippen LogP contribution in [0.3, 0.4) is 0 Å². The van der Waals surface area contributed by atoms with Crippen LogP contribution in [-0.4, -0.2) is 34.4 Å². The molecule has 1 aliphatic rings. The molecular weight excluding hydrogens is 246 g/mol. The van der Waals surface area contributed by atoms with Crippen LogP contribution < -0.4 is 10.9 Å². The lowest BCUT2D eigenvalue weighted by Gasteiger charge is -2.16. The maximum atomic E-state index is 12.2. The fourth-order valence-corrected chi connectivity index (χ4v) is 2.21. The number of aromatic nitrogens is 1. The molecule has 2 amide bonds. The molecule has 19 heavy (non-hydrogen) atoms. The predicted molar refractivity (Wildman–Crippen MR) is 71.1 cm³/mol. The van der Waals surface area contributed by atoms with E-state index >= 15 is 0 Å². The number of amides is 2. The first kappa shape index (κ1) is 13.3. The van der Waals surface area contributed by atoms with Crippen LogP contribution in [0, 0.1) is 0 Å². The smallest absolute Gasteiger partial charge is 0.274 e. The second-order valence-electron chi connectivity index (χ2n) is 4.74. The van der Waals surface area contributed by atoms with Crippen LogP contribution in [0.2, 0.25) is 0 Å². The largest absolute Gasteiger partial charge is 0.339 e. The third-order valence-electron chi connectivity index (χ3n) is 3.13. The first-order valence-corrected chi connectivity index (χ1v) is 6.26. The van der Waals surface area contributed by atoms with E-state index < -0.39 is 0 Å². The summed E-state index contributed by atoms with van der Waals surface area (Å²) < 4.78 is 1.31. The summed E-state index contributed by atoms with van der Waals surface area (Å²) >= 11 is 0. The summed E-state index contributed by atoms with van der Waals surface area (Å²) in [6.45, 7) is 2.82. The molecule has 102 valence electrons. The van der Waals surface area contributed by atoms with Gasteiger partial charge in [0.2, 0.25) is 5.91 Å². The number of likely N-dealkylation sites (tertiary alicyclic amines) is 1. The molecular formula is C13H17N3O3. The predicted octanol–water partition coefficient (Wildman–Crippen LogP) is 0.580. The van der Waals surface area contributed by atoms with Crippen molar-refractivity contribution >= 4 is 17.5 Å². The van der Waals surface area contributed by atoms with Gasteiger partial charge < -0.3 is 14.8 Å². The minimum Gasteiger partial charge on any atom is -0.339 e. The van der Waals surface area contributed by atoms with Gasteiger partial charge in [-0.25, -0.2) is 0 Å². The molecule has 0 saturated carbocycles. The highest BCUT2D eigenvalue weighted by atomic mass is 16.2. The standard InChI is InChI=1S/C13H17N3O3/c1-9(17)14-11-7-10(8-15(2)13(11)19)12(18)16-5-3-4-6-16/h7-8H,3-6H2,1-2H3,(H,14,17). The number of carbonyl (C=O) groups is 2. The summed E-state index contributed by atoms with van der Waals surface area (Å²) in [6.07, 6.45) is 3.53. The second-order valence-corrected chi connectivity index (χ2v) is 4.74. The molecule has 6 nitrogen and oxygen atoms in total. The highest BCUT2D eigenvalue weighted by Gasteiger charge is 2.21. The summed E-state index contributed by atoms with van der Waals surface area (Å²) in [4.78, 5) is 36.9. The van der Waals surface area contributed by atoms with Crippen LogP contribution >= 0.6 is 0 Å². The number of hydrogen-bond acceptors (Lipinski definition) is 3. The number of nitrogens with one attached hydrogen (secondary N) is 1. The Labute approximate surface area is 111 Å². The van der Waals surface area contributed by atoms with Gasteiger partial charge in [0.25, 0.3) is 11.5 Å². The molecule has 1 N–H and O–H groups in total. The van der Waals surface area contributed by atoms with Gasteiger partial charge in [-0.2, -0.15) is 0 Å². The van der Waals surface area contributed by atoms with Gasteiger partial charge in [0.15, 0.2) is 0 Å². The van der Waals surface area contributed by atoms with Crippen molar-refractivity contribution in [2.75, 3.05) is 18.4 Å². The monoisotopic (exact) mass is 263 g/mol. The van der Waals surface area contributed by atoms with Gasteiger partial charge in [0.05, 0.1) is 5.56 Å². The number of hydrogen-bond donors (Lipinski definition) is 1. The van der Waals surface area contributed by atoms with Gasteiger partial charge >= 0.3 is 0 Å². The third-order valence-corrected chi connectivity index (χ3v) is 3.13. The van der Waals surface area contributed by atoms with Gasteiger partial charge in [0, 0.05) is 33.3 Å².